The van der Waals surface area contributed by atoms with Crippen LogP contribution < -0.4 is 10.6 Å². The number of nitrogens with zero attached hydrogens (tertiary/aromatic N) is 3. The molecule has 0 fully saturated rings. The molecule has 1 aromatic heterocycles. The molecule has 3 rings (SSSR count). The molecule has 7 nitrogen and oxygen atoms in total. The number of nitrogens with one attached hydrogen (secondary N) is 2. The zero-order valence-corrected chi connectivity index (χ0v) is 14.6. The maximum atomic E-state index is 11.5. The summed E-state index contributed by atoms with van der Waals surface area (Å²) in [6, 6.07) is 15.2. The lowest BCUT2D eigenvalue weighted by atomic mass is 10.1. The van der Waals surface area contributed by atoms with Gasteiger partial charge in [0, 0.05) is 12.7 Å². The Kier molecular flexibility index (Phi) is 5.04. The first-order valence-electron chi connectivity index (χ1n) is 8.24. The molecule has 3 aromatic rings. The van der Waals surface area contributed by atoms with E-state index in [4.69, 9.17) is 4.74 Å². The quantitative estimate of drug-likeness (QED) is 0.734. The standard InChI is InChI=1S/C19H19N5O2/c1-3-26-19(25)23-15-9-8-14(10-13(15)11-20)21-12-18-22-16-6-4-5-7-17(16)24(18)2/h4-10,21H,3,12H2,1-2H3,(H,23,25). The molecule has 0 radical (unpaired) electrons. The molecular weight excluding hydrogens is 330 g/mol. The number of ether oxygens (including phenoxy) is 1. The monoisotopic (exact) mass is 349 g/mol. The van der Waals surface area contributed by atoms with Gasteiger partial charge in [0.05, 0.1) is 35.4 Å². The van der Waals surface area contributed by atoms with E-state index in [9.17, 15) is 10.1 Å². The van der Waals surface area contributed by atoms with Gasteiger partial charge in [-0.25, -0.2) is 9.78 Å². The van der Waals surface area contributed by atoms with Crippen molar-refractivity contribution in [1.29, 1.82) is 5.26 Å². The van der Waals surface area contributed by atoms with Gasteiger partial charge in [-0.15, -0.1) is 0 Å². The van der Waals surface area contributed by atoms with Crippen LogP contribution in [0.2, 0.25) is 0 Å². The summed E-state index contributed by atoms with van der Waals surface area (Å²) in [5.74, 6) is 0.887. The summed E-state index contributed by atoms with van der Waals surface area (Å²) in [6.07, 6.45) is -0.579. The fourth-order valence-electron chi connectivity index (χ4n) is 2.67. The molecule has 26 heavy (non-hydrogen) atoms. The van der Waals surface area contributed by atoms with Crippen molar-refractivity contribution in [3.63, 3.8) is 0 Å². The molecule has 0 bridgehead atoms. The Morgan fingerprint density at radius 2 is 2.12 bits per heavy atom. The number of anilines is 2. The number of para-hydroxylation sites is 2. The first-order chi connectivity index (χ1) is 12.6. The van der Waals surface area contributed by atoms with Gasteiger partial charge < -0.3 is 14.6 Å². The van der Waals surface area contributed by atoms with Crippen molar-refractivity contribution < 1.29 is 9.53 Å². The van der Waals surface area contributed by atoms with Crippen LogP contribution in [-0.2, 0) is 18.3 Å². The molecule has 2 aromatic carbocycles. The summed E-state index contributed by atoms with van der Waals surface area (Å²) in [4.78, 5) is 16.1. The number of benzene rings is 2. The fraction of sp³-hybridized carbons (Fsp3) is 0.211. The molecule has 0 aliphatic heterocycles. The van der Waals surface area contributed by atoms with Crippen LogP contribution in [0.4, 0.5) is 16.2 Å². The summed E-state index contributed by atoms with van der Waals surface area (Å²) in [7, 11) is 1.97. The summed E-state index contributed by atoms with van der Waals surface area (Å²) < 4.78 is 6.87. The van der Waals surface area contributed by atoms with Gasteiger partial charge in [-0.1, -0.05) is 12.1 Å². The van der Waals surface area contributed by atoms with Crippen molar-refractivity contribution in [2.45, 2.75) is 13.5 Å². The number of hydrogen-bond donors (Lipinski definition) is 2. The Balaban J connectivity index is 1.74. The Morgan fingerprint density at radius 3 is 2.85 bits per heavy atom. The third kappa shape index (κ3) is 3.59. The molecule has 1 heterocycles. The van der Waals surface area contributed by atoms with E-state index in [0.717, 1.165) is 22.5 Å². The second-order valence-corrected chi connectivity index (χ2v) is 5.65. The lowest BCUT2D eigenvalue weighted by Gasteiger charge is -2.10. The highest BCUT2D eigenvalue weighted by Crippen LogP contribution is 2.21. The van der Waals surface area contributed by atoms with Crippen LogP contribution in [0.3, 0.4) is 0 Å². The SMILES string of the molecule is CCOC(=O)Nc1ccc(NCc2nc3ccccc3n2C)cc1C#N. The van der Waals surface area contributed by atoms with Crippen LogP contribution in [0.5, 0.6) is 0 Å². The van der Waals surface area contributed by atoms with E-state index in [1.807, 2.05) is 35.9 Å². The summed E-state index contributed by atoms with van der Waals surface area (Å²) in [5, 5.41) is 15.2. The highest BCUT2D eigenvalue weighted by atomic mass is 16.5. The molecule has 7 heteroatoms. The average Bonchev–Trinajstić information content (AvgIpc) is 2.97. The van der Waals surface area contributed by atoms with Gasteiger partial charge in [-0.3, -0.25) is 5.32 Å². The summed E-state index contributed by atoms with van der Waals surface area (Å²) >= 11 is 0. The van der Waals surface area contributed by atoms with Crippen molar-refractivity contribution in [2.75, 3.05) is 17.2 Å². The van der Waals surface area contributed by atoms with E-state index < -0.39 is 6.09 Å². The number of carbonyl (C=O) groups is 1. The number of fused-ring (bicyclic) bond motifs is 1. The van der Waals surface area contributed by atoms with E-state index in [-0.39, 0.29) is 6.61 Å². The zero-order valence-electron chi connectivity index (χ0n) is 14.6. The minimum absolute atomic E-state index is 0.269. The van der Waals surface area contributed by atoms with Crippen molar-refractivity contribution in [1.82, 2.24) is 9.55 Å². The maximum Gasteiger partial charge on any atom is 0.411 e. The van der Waals surface area contributed by atoms with Gasteiger partial charge >= 0.3 is 6.09 Å². The zero-order chi connectivity index (χ0) is 18.5. The molecule has 2 N–H and O–H groups in total. The fourth-order valence-corrected chi connectivity index (χ4v) is 2.67. The lowest BCUT2D eigenvalue weighted by molar-refractivity contribution is 0.168. The second-order valence-electron chi connectivity index (χ2n) is 5.65. The number of carbonyl (C=O) groups excluding carboxylic acids is 1. The van der Waals surface area contributed by atoms with E-state index >= 15 is 0 Å². The average molecular weight is 349 g/mol. The van der Waals surface area contributed by atoms with E-state index in [2.05, 4.69) is 21.7 Å². The molecule has 0 spiro atoms. The number of nitriles is 1. The van der Waals surface area contributed by atoms with E-state index in [0.29, 0.717) is 17.8 Å². The highest BCUT2D eigenvalue weighted by Gasteiger charge is 2.10. The number of amides is 1. The minimum atomic E-state index is -0.579. The minimum Gasteiger partial charge on any atom is -0.450 e. The second kappa shape index (κ2) is 7.57. The number of rotatable bonds is 5. The largest absolute Gasteiger partial charge is 0.450 e. The summed E-state index contributed by atoms with van der Waals surface area (Å²) in [5.41, 5.74) is 3.55. The highest BCUT2D eigenvalue weighted by molar-refractivity contribution is 5.87. The van der Waals surface area contributed by atoms with E-state index in [1.54, 1.807) is 25.1 Å². The predicted molar refractivity (Wildman–Crippen MR) is 99.8 cm³/mol. The Labute approximate surface area is 151 Å². The van der Waals surface area contributed by atoms with Crippen molar-refractivity contribution in [3.05, 3.63) is 53.9 Å². The Bertz CT molecular complexity index is 987. The van der Waals surface area contributed by atoms with Crippen molar-refractivity contribution >= 4 is 28.5 Å². The normalized spacial score (nSPS) is 10.3. The van der Waals surface area contributed by atoms with Gasteiger partial charge in [0.2, 0.25) is 0 Å². The van der Waals surface area contributed by atoms with Gasteiger partial charge in [-0.2, -0.15) is 5.26 Å². The summed E-state index contributed by atoms with van der Waals surface area (Å²) in [6.45, 7) is 2.50. The third-order valence-corrected chi connectivity index (χ3v) is 3.98. The maximum absolute atomic E-state index is 11.5. The first-order valence-corrected chi connectivity index (χ1v) is 8.24. The van der Waals surface area contributed by atoms with Gasteiger partial charge in [0.15, 0.2) is 0 Å². The van der Waals surface area contributed by atoms with Crippen LogP contribution in [0.25, 0.3) is 11.0 Å². The van der Waals surface area contributed by atoms with Crippen LogP contribution in [-0.4, -0.2) is 22.3 Å². The van der Waals surface area contributed by atoms with Crippen LogP contribution in [0, 0.1) is 11.3 Å². The van der Waals surface area contributed by atoms with Crippen LogP contribution >= 0.6 is 0 Å². The number of imidazole rings is 1. The molecule has 0 unspecified atom stereocenters. The smallest absolute Gasteiger partial charge is 0.411 e. The Hall–Kier alpha value is -3.53. The Morgan fingerprint density at radius 1 is 1.31 bits per heavy atom. The van der Waals surface area contributed by atoms with Gasteiger partial charge in [-0.05, 0) is 37.3 Å². The molecule has 0 saturated carbocycles. The first kappa shape index (κ1) is 17.3. The number of aromatic nitrogens is 2. The molecule has 0 aliphatic carbocycles. The van der Waals surface area contributed by atoms with Crippen molar-refractivity contribution in [3.8, 4) is 6.07 Å². The topological polar surface area (TPSA) is 92.0 Å². The number of aryl methyl sites for hydroxylation is 1. The molecule has 0 saturated heterocycles. The molecule has 0 aliphatic rings. The molecule has 1 amide bonds. The van der Waals surface area contributed by atoms with Crippen LogP contribution in [0.1, 0.15) is 18.3 Å². The third-order valence-electron chi connectivity index (χ3n) is 3.98. The van der Waals surface area contributed by atoms with Gasteiger partial charge in [0.25, 0.3) is 0 Å². The van der Waals surface area contributed by atoms with Gasteiger partial charge in [0.1, 0.15) is 11.9 Å². The molecular formula is C19H19N5O2. The van der Waals surface area contributed by atoms with Crippen molar-refractivity contribution in [2.24, 2.45) is 7.05 Å². The lowest BCUT2D eigenvalue weighted by Crippen LogP contribution is -2.14. The number of hydrogen-bond acceptors (Lipinski definition) is 5. The molecule has 132 valence electrons. The predicted octanol–water partition coefficient (Wildman–Crippen LogP) is 3.63. The van der Waals surface area contributed by atoms with Crippen LogP contribution in [0.15, 0.2) is 42.5 Å². The van der Waals surface area contributed by atoms with E-state index in [1.165, 1.54) is 0 Å². The molecule has 0 atom stereocenters.